The number of carbonyl (C=O) groups excluding carboxylic acids is 3. The van der Waals surface area contributed by atoms with E-state index in [4.69, 9.17) is 9.16 Å². The summed E-state index contributed by atoms with van der Waals surface area (Å²) in [6.45, 7) is 10.3. The number of ketones is 1. The fourth-order valence-electron chi connectivity index (χ4n) is 4.40. The molecule has 2 aliphatic heterocycles. The van der Waals surface area contributed by atoms with Crippen LogP contribution in [0.4, 0.5) is 0 Å². The third-order valence-corrected chi connectivity index (χ3v) is 6.92. The summed E-state index contributed by atoms with van der Waals surface area (Å²) in [5, 5.41) is 9.26. The molecular weight excluding hydrogens is 418 g/mol. The molecule has 1 fully saturated rings. The van der Waals surface area contributed by atoms with Crippen LogP contribution in [0.5, 0.6) is 5.75 Å². The van der Waals surface area contributed by atoms with Crippen LogP contribution in [0.1, 0.15) is 31.1 Å². The second kappa shape index (κ2) is 8.55. The number of carboxylic acid groups (broad SMARTS) is 1. The second-order valence-corrected chi connectivity index (χ2v) is 11.9. The number of aliphatic carboxylic acids is 1. The number of likely N-dealkylation sites (tertiary alicyclic amines) is 1. The number of carboxylic acids is 1. The zero-order chi connectivity index (χ0) is 23.1. The van der Waals surface area contributed by atoms with Gasteiger partial charge in [0.05, 0.1) is 23.4 Å². The number of Topliss-reactive ketones (excluding diaryl/α,β-unsaturated/α-hetero) is 1. The number of imide groups is 1. The van der Waals surface area contributed by atoms with Crippen LogP contribution in [-0.2, 0) is 18.8 Å². The molecule has 2 amide bonds. The molecule has 0 bridgehead atoms. The van der Waals surface area contributed by atoms with E-state index in [9.17, 15) is 24.3 Å². The molecule has 0 aromatic heterocycles. The molecule has 3 rings (SSSR count). The van der Waals surface area contributed by atoms with Gasteiger partial charge in [-0.3, -0.25) is 19.3 Å². The van der Waals surface area contributed by atoms with Crippen LogP contribution in [0, 0.1) is 23.2 Å². The van der Waals surface area contributed by atoms with Gasteiger partial charge in [-0.1, -0.05) is 32.9 Å². The van der Waals surface area contributed by atoms with E-state index in [0.29, 0.717) is 17.9 Å². The minimum atomic E-state index is -1.72. The number of fused-ring (bicyclic) bond motifs is 1. The van der Waals surface area contributed by atoms with Gasteiger partial charge in [-0.2, -0.15) is 0 Å². The van der Waals surface area contributed by atoms with Crippen molar-refractivity contribution in [2.75, 3.05) is 13.2 Å². The highest BCUT2D eigenvalue weighted by Gasteiger charge is 2.61. The smallest absolute Gasteiger partial charge is 0.395 e. The lowest BCUT2D eigenvalue weighted by Crippen LogP contribution is -2.72. The fraction of sp³-hybridized carbons (Fsp3) is 0.545. The quantitative estimate of drug-likeness (QED) is 0.417. The van der Waals surface area contributed by atoms with Crippen LogP contribution < -0.4 is 4.74 Å². The summed E-state index contributed by atoms with van der Waals surface area (Å²) in [6.07, 6.45) is 0. The van der Waals surface area contributed by atoms with E-state index in [2.05, 4.69) is 0 Å². The first-order valence-electron chi connectivity index (χ1n) is 10.4. The monoisotopic (exact) mass is 447 g/mol. The van der Waals surface area contributed by atoms with Crippen molar-refractivity contribution in [3.05, 3.63) is 29.8 Å². The number of para-hydroxylation sites is 1. The highest BCUT2D eigenvalue weighted by atomic mass is 28.3. The third-order valence-electron chi connectivity index (χ3n) is 6.07. The predicted molar refractivity (Wildman–Crippen MR) is 114 cm³/mol. The van der Waals surface area contributed by atoms with Crippen LogP contribution in [0.3, 0.4) is 0 Å². The van der Waals surface area contributed by atoms with Crippen molar-refractivity contribution in [2.45, 2.75) is 39.9 Å². The molecule has 0 unspecified atom stereocenters. The van der Waals surface area contributed by atoms with Gasteiger partial charge in [-0.05, 0) is 36.6 Å². The number of nitrogens with zero attached hydrogens (tertiary/aromatic N) is 1. The number of β-lactam (4-membered cyclic amide) rings is 1. The first-order chi connectivity index (χ1) is 14.4. The molecular formula is C22H29NO7Si. The number of benzene rings is 1. The normalized spacial score (nSPS) is 24.3. The summed E-state index contributed by atoms with van der Waals surface area (Å²) in [5.41, 5.74) is 0.00851. The number of rotatable bonds is 5. The van der Waals surface area contributed by atoms with Crippen molar-refractivity contribution >= 4 is 32.6 Å². The van der Waals surface area contributed by atoms with E-state index in [1.807, 2.05) is 33.9 Å². The zero-order valence-electron chi connectivity index (χ0n) is 18.5. The maximum Gasteiger partial charge on any atom is 0.395 e. The highest BCUT2D eigenvalue weighted by molar-refractivity contribution is 6.48. The summed E-state index contributed by atoms with van der Waals surface area (Å²) in [6, 6.07) is 5.90. The van der Waals surface area contributed by atoms with Gasteiger partial charge < -0.3 is 14.3 Å². The molecule has 31 heavy (non-hydrogen) atoms. The van der Waals surface area contributed by atoms with Crippen molar-refractivity contribution < 1.29 is 33.4 Å². The molecule has 0 radical (unpaired) electrons. The summed E-state index contributed by atoms with van der Waals surface area (Å²) in [7, 11) is -1.39. The Morgan fingerprint density at radius 1 is 1.26 bits per heavy atom. The van der Waals surface area contributed by atoms with E-state index in [0.717, 1.165) is 4.90 Å². The van der Waals surface area contributed by atoms with Gasteiger partial charge in [0.25, 0.3) is 0 Å². The molecule has 1 saturated heterocycles. The molecule has 9 heteroatoms. The Bertz CT molecular complexity index is 907. The Labute approximate surface area is 183 Å². The average Bonchev–Trinajstić information content (AvgIpc) is 2.68. The molecule has 1 aromatic carbocycles. The van der Waals surface area contributed by atoms with Gasteiger partial charge in [0.15, 0.2) is 14.8 Å². The number of hydrogen-bond donors (Lipinski definition) is 1. The van der Waals surface area contributed by atoms with Gasteiger partial charge in [0.1, 0.15) is 12.4 Å². The Balaban J connectivity index is 2.00. The average molecular weight is 448 g/mol. The standard InChI is InChI=1S/C22H29NO7Si/c1-22(2,3)14(11-30-31(4)5)16-17(23(19(16)25)20(26)21(27)28)13-10-29-15-9-7-6-8-12(15)18(13)24/h6-9,13-14,16-17,31H,10-11H2,1-5H3,(H,27,28)/t13-,14+,16-,17+/m0/s1. The summed E-state index contributed by atoms with van der Waals surface area (Å²) in [5.74, 6) is -5.24. The fourth-order valence-corrected chi connectivity index (χ4v) is 5.00. The van der Waals surface area contributed by atoms with Crippen molar-refractivity contribution in [1.29, 1.82) is 0 Å². The molecule has 1 aromatic rings. The van der Waals surface area contributed by atoms with E-state index < -0.39 is 44.7 Å². The van der Waals surface area contributed by atoms with Gasteiger partial charge in [-0.15, -0.1) is 0 Å². The first kappa shape index (κ1) is 23.1. The topological polar surface area (TPSA) is 110 Å². The van der Waals surface area contributed by atoms with Crippen LogP contribution in [-0.4, -0.2) is 61.9 Å². The number of ether oxygens (including phenoxy) is 1. The zero-order valence-corrected chi connectivity index (χ0v) is 19.6. The Kier molecular flexibility index (Phi) is 6.38. The van der Waals surface area contributed by atoms with Crippen molar-refractivity contribution in [2.24, 2.45) is 23.2 Å². The Hall–Kier alpha value is -2.52. The highest BCUT2D eigenvalue weighted by Crippen LogP contribution is 2.46. The second-order valence-electron chi connectivity index (χ2n) is 9.47. The first-order valence-corrected chi connectivity index (χ1v) is 13.2. The molecule has 1 N–H and O–H groups in total. The molecule has 0 saturated carbocycles. The third kappa shape index (κ3) is 4.29. The SMILES string of the molecule is C[SiH](C)OC[C@H]([C@@H]1C(=O)N(C(=O)C(=O)O)[C@@H]1[C@@H]1COc2ccccc2C1=O)C(C)(C)C. The van der Waals surface area contributed by atoms with Crippen LogP contribution in [0.25, 0.3) is 0 Å². The Morgan fingerprint density at radius 3 is 2.48 bits per heavy atom. The molecule has 2 heterocycles. The van der Waals surface area contributed by atoms with E-state index in [-0.39, 0.29) is 23.7 Å². The van der Waals surface area contributed by atoms with Crippen molar-refractivity contribution in [3.63, 3.8) is 0 Å². The number of hydrogen-bond acceptors (Lipinski definition) is 6. The maximum atomic E-state index is 13.3. The van der Waals surface area contributed by atoms with Crippen molar-refractivity contribution in [1.82, 2.24) is 4.90 Å². The molecule has 8 nitrogen and oxygen atoms in total. The lowest BCUT2D eigenvalue weighted by atomic mass is 9.63. The lowest BCUT2D eigenvalue weighted by molar-refractivity contribution is -0.182. The largest absolute Gasteiger partial charge is 0.492 e. The minimum absolute atomic E-state index is 0.0235. The molecule has 0 spiro atoms. The number of amides is 2. The van der Waals surface area contributed by atoms with Gasteiger partial charge in [0, 0.05) is 6.61 Å². The Morgan fingerprint density at radius 2 is 1.90 bits per heavy atom. The molecule has 4 atom stereocenters. The van der Waals surface area contributed by atoms with E-state index in [1.165, 1.54) is 0 Å². The van der Waals surface area contributed by atoms with Gasteiger partial charge in [-0.25, -0.2) is 4.79 Å². The summed E-state index contributed by atoms with van der Waals surface area (Å²) < 4.78 is 11.7. The lowest BCUT2D eigenvalue weighted by Gasteiger charge is -2.53. The van der Waals surface area contributed by atoms with Crippen LogP contribution in [0.2, 0.25) is 13.1 Å². The maximum absolute atomic E-state index is 13.3. The van der Waals surface area contributed by atoms with E-state index >= 15 is 0 Å². The van der Waals surface area contributed by atoms with Gasteiger partial charge in [0.2, 0.25) is 5.91 Å². The molecule has 2 aliphatic rings. The number of carbonyl (C=O) groups is 4. The van der Waals surface area contributed by atoms with Crippen LogP contribution >= 0.6 is 0 Å². The minimum Gasteiger partial charge on any atom is -0.492 e. The molecule has 168 valence electrons. The van der Waals surface area contributed by atoms with Crippen molar-refractivity contribution in [3.8, 4) is 5.75 Å². The van der Waals surface area contributed by atoms with Crippen LogP contribution in [0.15, 0.2) is 24.3 Å². The summed E-state index contributed by atoms with van der Waals surface area (Å²) >= 11 is 0. The van der Waals surface area contributed by atoms with Gasteiger partial charge >= 0.3 is 11.9 Å². The van der Waals surface area contributed by atoms with E-state index in [1.54, 1.807) is 24.3 Å². The summed E-state index contributed by atoms with van der Waals surface area (Å²) in [4.78, 5) is 50.9. The predicted octanol–water partition coefficient (Wildman–Crippen LogP) is 1.98. The molecule has 0 aliphatic carbocycles.